The largest absolute Gasteiger partial charge is 0.438 e. The minimum atomic E-state index is -0.250. The number of anilines is 1. The molecule has 0 aliphatic carbocycles. The van der Waals surface area contributed by atoms with Crippen molar-refractivity contribution in [3.8, 4) is 5.75 Å². The zero-order valence-electron chi connectivity index (χ0n) is 18.5. The fourth-order valence-electron chi connectivity index (χ4n) is 4.66. The number of hydrogen-bond acceptors (Lipinski definition) is 4. The SMILES string of the molecule is CCN(CC)c1ccc2c(c1)OC1=N[C@@H](c3ccc(Br)cc3)n3c(nc4ccccc43)C1=C2. The van der Waals surface area contributed by atoms with Crippen LogP contribution in [0.4, 0.5) is 5.69 Å². The van der Waals surface area contributed by atoms with Crippen molar-refractivity contribution < 1.29 is 4.74 Å². The molecule has 0 radical (unpaired) electrons. The van der Waals surface area contributed by atoms with Crippen LogP contribution in [0.3, 0.4) is 0 Å². The molecule has 0 saturated carbocycles. The number of imidazole rings is 1. The highest BCUT2D eigenvalue weighted by atomic mass is 79.9. The van der Waals surface area contributed by atoms with Crippen LogP contribution in [0.2, 0.25) is 0 Å². The number of rotatable bonds is 4. The minimum absolute atomic E-state index is 0.250. The van der Waals surface area contributed by atoms with Crippen LogP contribution in [0.5, 0.6) is 5.75 Å². The van der Waals surface area contributed by atoms with Gasteiger partial charge in [0.2, 0.25) is 5.90 Å². The van der Waals surface area contributed by atoms with Gasteiger partial charge < -0.3 is 9.64 Å². The minimum Gasteiger partial charge on any atom is -0.438 e. The van der Waals surface area contributed by atoms with Crippen molar-refractivity contribution in [3.63, 3.8) is 0 Å². The van der Waals surface area contributed by atoms with Gasteiger partial charge >= 0.3 is 0 Å². The number of ether oxygens (including phenoxy) is 1. The van der Waals surface area contributed by atoms with E-state index in [0.717, 1.165) is 62.6 Å². The van der Waals surface area contributed by atoms with Gasteiger partial charge in [0, 0.05) is 34.9 Å². The number of halogens is 1. The molecule has 3 aromatic carbocycles. The third-order valence-electron chi connectivity index (χ3n) is 6.35. The van der Waals surface area contributed by atoms with Crippen molar-refractivity contribution in [2.45, 2.75) is 20.0 Å². The van der Waals surface area contributed by atoms with E-state index in [-0.39, 0.29) is 6.17 Å². The third kappa shape index (κ3) is 3.28. The molecule has 0 amide bonds. The van der Waals surface area contributed by atoms with Gasteiger partial charge in [0.1, 0.15) is 11.6 Å². The molecule has 3 heterocycles. The van der Waals surface area contributed by atoms with Crippen molar-refractivity contribution in [1.29, 1.82) is 0 Å². The number of hydrogen-bond donors (Lipinski definition) is 0. The molecule has 0 saturated heterocycles. The molecule has 2 aliphatic heterocycles. The molecule has 5 nitrogen and oxygen atoms in total. The summed E-state index contributed by atoms with van der Waals surface area (Å²) in [4.78, 5) is 12.4. The molecular formula is C27H23BrN4O. The summed E-state index contributed by atoms with van der Waals surface area (Å²) in [5.41, 5.74) is 6.22. The molecular weight excluding hydrogens is 476 g/mol. The molecule has 0 fully saturated rings. The van der Waals surface area contributed by atoms with Crippen molar-refractivity contribution in [2.24, 2.45) is 4.99 Å². The predicted molar refractivity (Wildman–Crippen MR) is 138 cm³/mol. The quantitative estimate of drug-likeness (QED) is 0.320. The number of aliphatic imine (C=N–C) groups is 1. The van der Waals surface area contributed by atoms with Gasteiger partial charge in [0.05, 0.1) is 16.6 Å². The molecule has 1 aromatic heterocycles. The van der Waals surface area contributed by atoms with Crippen LogP contribution in [0, 0.1) is 0 Å². The average molecular weight is 499 g/mol. The van der Waals surface area contributed by atoms with Gasteiger partial charge in [-0.1, -0.05) is 40.2 Å². The molecule has 0 N–H and O–H groups in total. The van der Waals surface area contributed by atoms with Gasteiger partial charge in [0.15, 0.2) is 6.17 Å². The fourth-order valence-corrected chi connectivity index (χ4v) is 4.92. The molecule has 6 rings (SSSR count). The zero-order valence-corrected chi connectivity index (χ0v) is 20.1. The Morgan fingerprint density at radius 3 is 2.58 bits per heavy atom. The molecule has 0 spiro atoms. The summed E-state index contributed by atoms with van der Waals surface area (Å²) in [6, 6.07) is 22.9. The molecule has 33 heavy (non-hydrogen) atoms. The van der Waals surface area contributed by atoms with E-state index in [2.05, 4.69) is 81.7 Å². The maximum atomic E-state index is 6.44. The zero-order chi connectivity index (χ0) is 22.5. The lowest BCUT2D eigenvalue weighted by Gasteiger charge is -2.29. The van der Waals surface area contributed by atoms with Crippen LogP contribution < -0.4 is 9.64 Å². The third-order valence-corrected chi connectivity index (χ3v) is 6.88. The Labute approximate surface area is 201 Å². The Morgan fingerprint density at radius 1 is 1.00 bits per heavy atom. The van der Waals surface area contributed by atoms with E-state index in [9.17, 15) is 0 Å². The number of fused-ring (bicyclic) bond motifs is 6. The molecule has 164 valence electrons. The van der Waals surface area contributed by atoms with E-state index in [1.165, 1.54) is 0 Å². The highest BCUT2D eigenvalue weighted by Gasteiger charge is 2.33. The lowest BCUT2D eigenvalue weighted by Crippen LogP contribution is -2.27. The fraction of sp³-hybridized carbons (Fsp3) is 0.185. The van der Waals surface area contributed by atoms with E-state index in [1.54, 1.807) is 0 Å². The summed E-state index contributed by atoms with van der Waals surface area (Å²) in [5, 5.41) is 0. The molecule has 6 heteroatoms. The topological polar surface area (TPSA) is 42.6 Å². The Morgan fingerprint density at radius 2 is 1.79 bits per heavy atom. The highest BCUT2D eigenvalue weighted by Crippen LogP contribution is 2.41. The summed E-state index contributed by atoms with van der Waals surface area (Å²) in [5.74, 6) is 2.34. The van der Waals surface area contributed by atoms with Gasteiger partial charge in [0.25, 0.3) is 0 Å². The van der Waals surface area contributed by atoms with Gasteiger partial charge in [-0.05, 0) is 61.9 Å². The Kier molecular flexibility index (Phi) is 4.84. The number of nitrogens with zero attached hydrogens (tertiary/aromatic N) is 4. The second-order valence-corrected chi connectivity index (χ2v) is 9.12. The average Bonchev–Trinajstić information content (AvgIpc) is 3.24. The van der Waals surface area contributed by atoms with Crippen LogP contribution in [-0.2, 0) is 0 Å². The van der Waals surface area contributed by atoms with E-state index >= 15 is 0 Å². The van der Waals surface area contributed by atoms with E-state index in [4.69, 9.17) is 14.7 Å². The predicted octanol–water partition coefficient (Wildman–Crippen LogP) is 6.54. The maximum absolute atomic E-state index is 6.44. The molecule has 1 atom stereocenters. The number of para-hydroxylation sites is 2. The van der Waals surface area contributed by atoms with Crippen LogP contribution in [-0.4, -0.2) is 28.5 Å². The summed E-state index contributed by atoms with van der Waals surface area (Å²) < 4.78 is 9.69. The number of benzene rings is 3. The standard InChI is InChI=1S/C27H23BrN4O/c1-3-31(4-2)20-14-11-18-15-21-26-29-22-7-5-6-8-23(22)32(26)25(17-9-12-19(28)13-10-17)30-27(21)33-24(18)16-20/h5-16,25H,3-4H2,1-2H3/t25-/m1/s1. The Hall–Kier alpha value is -3.38. The summed E-state index contributed by atoms with van der Waals surface area (Å²) >= 11 is 3.54. The first-order valence-electron chi connectivity index (χ1n) is 11.3. The maximum Gasteiger partial charge on any atom is 0.228 e. The monoisotopic (exact) mass is 498 g/mol. The Balaban J connectivity index is 1.54. The van der Waals surface area contributed by atoms with E-state index in [1.807, 2.05) is 30.3 Å². The van der Waals surface area contributed by atoms with E-state index < -0.39 is 0 Å². The van der Waals surface area contributed by atoms with Crippen LogP contribution in [0.25, 0.3) is 22.7 Å². The molecule has 4 aromatic rings. The summed E-state index contributed by atoms with van der Waals surface area (Å²) in [6.07, 6.45) is 1.90. The van der Waals surface area contributed by atoms with Gasteiger partial charge in [-0.15, -0.1) is 0 Å². The Bertz CT molecular complexity index is 1430. The molecule has 2 aliphatic rings. The lowest BCUT2D eigenvalue weighted by molar-refractivity contribution is 0.515. The van der Waals surface area contributed by atoms with Crippen molar-refractivity contribution in [1.82, 2.24) is 9.55 Å². The first-order chi connectivity index (χ1) is 16.2. The summed E-state index contributed by atoms with van der Waals surface area (Å²) in [7, 11) is 0. The van der Waals surface area contributed by atoms with Crippen LogP contribution in [0.15, 0.2) is 76.2 Å². The second-order valence-electron chi connectivity index (χ2n) is 8.21. The van der Waals surface area contributed by atoms with Crippen LogP contribution in [0.1, 0.15) is 37.0 Å². The van der Waals surface area contributed by atoms with E-state index in [0.29, 0.717) is 5.90 Å². The highest BCUT2D eigenvalue weighted by molar-refractivity contribution is 9.10. The van der Waals surface area contributed by atoms with Crippen LogP contribution >= 0.6 is 15.9 Å². The van der Waals surface area contributed by atoms with Gasteiger partial charge in [-0.3, -0.25) is 4.57 Å². The molecule has 0 unspecified atom stereocenters. The van der Waals surface area contributed by atoms with Crippen molar-refractivity contribution in [2.75, 3.05) is 18.0 Å². The lowest BCUT2D eigenvalue weighted by atomic mass is 10.0. The summed E-state index contributed by atoms with van der Waals surface area (Å²) in [6.45, 7) is 6.24. The van der Waals surface area contributed by atoms with Crippen molar-refractivity contribution in [3.05, 3.63) is 88.2 Å². The first-order valence-corrected chi connectivity index (χ1v) is 12.0. The smallest absolute Gasteiger partial charge is 0.228 e. The normalized spacial score (nSPS) is 16.3. The number of aromatic nitrogens is 2. The molecule has 0 bridgehead atoms. The first kappa shape index (κ1) is 20.2. The van der Waals surface area contributed by atoms with Crippen molar-refractivity contribution >= 4 is 50.2 Å². The second kappa shape index (κ2) is 7.89. The van der Waals surface area contributed by atoms with Gasteiger partial charge in [-0.25, -0.2) is 9.98 Å². The van der Waals surface area contributed by atoms with Gasteiger partial charge in [-0.2, -0.15) is 0 Å².